The monoisotopic (exact) mass is 407 g/mol. The van der Waals surface area contributed by atoms with Crippen molar-refractivity contribution in [3.05, 3.63) is 58.7 Å². The molecule has 1 amide bonds. The Bertz CT molecular complexity index is 889. The van der Waals surface area contributed by atoms with Crippen LogP contribution in [0.15, 0.2) is 36.4 Å². The van der Waals surface area contributed by atoms with Gasteiger partial charge in [-0.2, -0.15) is 26.3 Å². The fraction of sp³-hybridized carbons (Fsp3) is 0.176. The summed E-state index contributed by atoms with van der Waals surface area (Å²) in [5, 5.41) is 11.5. The van der Waals surface area contributed by atoms with Crippen molar-refractivity contribution in [1.29, 1.82) is 0 Å². The minimum atomic E-state index is -5.07. The van der Waals surface area contributed by atoms with Gasteiger partial charge in [0.2, 0.25) is 0 Å². The number of nitrogens with one attached hydrogen (secondary N) is 1. The summed E-state index contributed by atoms with van der Waals surface area (Å²) in [5.74, 6) is -2.62. The van der Waals surface area contributed by atoms with E-state index >= 15 is 0 Å². The smallest absolute Gasteiger partial charge is 0.416 e. The van der Waals surface area contributed by atoms with Crippen molar-refractivity contribution < 1.29 is 45.8 Å². The number of amides is 1. The second kappa shape index (κ2) is 7.41. The maximum Gasteiger partial charge on any atom is 0.416 e. The number of hydrogen-bond acceptors (Lipinski definition) is 4. The third kappa shape index (κ3) is 4.72. The molecule has 5 nitrogen and oxygen atoms in total. The number of phenolic OH excluding ortho intramolecular Hbond substituents is 1. The zero-order valence-corrected chi connectivity index (χ0v) is 13.9. The van der Waals surface area contributed by atoms with Gasteiger partial charge in [0.15, 0.2) is 0 Å². The number of hydrogen-bond donors (Lipinski definition) is 2. The Morgan fingerprint density at radius 2 is 1.46 bits per heavy atom. The van der Waals surface area contributed by atoms with Gasteiger partial charge >= 0.3 is 18.3 Å². The number of benzene rings is 2. The summed E-state index contributed by atoms with van der Waals surface area (Å²) >= 11 is 0. The van der Waals surface area contributed by atoms with Gasteiger partial charge in [0.05, 0.1) is 18.2 Å². The Balaban J connectivity index is 2.42. The van der Waals surface area contributed by atoms with Crippen LogP contribution >= 0.6 is 0 Å². The standard InChI is InChI=1S/C17H11F6NO4/c1-28-15(27)12-4-8(2-3-13(12)25)14(26)24-11-6-9(16(18,19)20)5-10(7-11)17(21,22)23/h2-7,25H,1H3,(H,24,26). The van der Waals surface area contributed by atoms with Crippen LogP contribution in [0.3, 0.4) is 0 Å². The third-order valence-corrected chi connectivity index (χ3v) is 3.51. The van der Waals surface area contributed by atoms with E-state index in [-0.39, 0.29) is 11.6 Å². The van der Waals surface area contributed by atoms with E-state index in [4.69, 9.17) is 0 Å². The molecule has 0 unspecified atom stereocenters. The molecule has 2 aromatic carbocycles. The van der Waals surface area contributed by atoms with Gasteiger partial charge < -0.3 is 15.2 Å². The second-order valence-electron chi connectivity index (χ2n) is 5.47. The molecule has 0 saturated carbocycles. The normalized spacial score (nSPS) is 11.8. The van der Waals surface area contributed by atoms with Crippen molar-refractivity contribution in [2.24, 2.45) is 0 Å². The van der Waals surface area contributed by atoms with Crippen LogP contribution in [-0.4, -0.2) is 24.1 Å². The minimum Gasteiger partial charge on any atom is -0.507 e. The second-order valence-corrected chi connectivity index (χ2v) is 5.47. The van der Waals surface area contributed by atoms with Crippen LogP contribution in [0.25, 0.3) is 0 Å². The fourth-order valence-electron chi connectivity index (χ4n) is 2.18. The number of aromatic hydroxyl groups is 1. The zero-order valence-electron chi connectivity index (χ0n) is 13.9. The summed E-state index contributed by atoms with van der Waals surface area (Å²) in [6, 6.07) is 3.47. The Morgan fingerprint density at radius 1 is 0.929 bits per heavy atom. The molecule has 11 heteroatoms. The van der Waals surface area contributed by atoms with E-state index in [0.29, 0.717) is 12.1 Å². The molecule has 0 radical (unpaired) electrons. The number of carbonyl (C=O) groups is 2. The largest absolute Gasteiger partial charge is 0.507 e. The topological polar surface area (TPSA) is 75.6 Å². The molecule has 0 heterocycles. The van der Waals surface area contributed by atoms with E-state index in [9.17, 15) is 41.0 Å². The van der Waals surface area contributed by atoms with Gasteiger partial charge in [-0.1, -0.05) is 0 Å². The molecular weight excluding hydrogens is 396 g/mol. The molecule has 0 atom stereocenters. The number of phenols is 1. The van der Waals surface area contributed by atoms with E-state index in [0.717, 1.165) is 25.3 Å². The SMILES string of the molecule is COC(=O)c1cc(C(=O)Nc2cc(C(F)(F)F)cc(C(F)(F)F)c2)ccc1O. The van der Waals surface area contributed by atoms with Crippen molar-refractivity contribution in [2.45, 2.75) is 12.4 Å². The number of esters is 1. The molecule has 150 valence electrons. The number of methoxy groups -OCH3 is 1. The zero-order chi connectivity index (χ0) is 21.3. The van der Waals surface area contributed by atoms with Gasteiger partial charge in [0, 0.05) is 11.3 Å². The first kappa shape index (κ1) is 21.1. The molecule has 0 spiro atoms. The first-order chi connectivity index (χ1) is 12.8. The predicted molar refractivity (Wildman–Crippen MR) is 83.8 cm³/mol. The molecular formula is C17H11F6NO4. The summed E-state index contributed by atoms with van der Waals surface area (Å²) in [4.78, 5) is 23.7. The molecule has 0 saturated heterocycles. The average molecular weight is 407 g/mol. The molecule has 0 aromatic heterocycles. The first-order valence-electron chi connectivity index (χ1n) is 7.35. The lowest BCUT2D eigenvalue weighted by Gasteiger charge is -2.15. The predicted octanol–water partition coefficient (Wildman–Crippen LogP) is 4.47. The quantitative estimate of drug-likeness (QED) is 0.582. The number of anilines is 1. The Labute approximate surface area is 153 Å². The molecule has 0 bridgehead atoms. The highest BCUT2D eigenvalue weighted by molar-refractivity contribution is 6.06. The van der Waals surface area contributed by atoms with Gasteiger partial charge in [0.25, 0.3) is 5.91 Å². The van der Waals surface area contributed by atoms with Gasteiger partial charge in [0.1, 0.15) is 11.3 Å². The van der Waals surface area contributed by atoms with Gasteiger partial charge in [-0.3, -0.25) is 4.79 Å². The highest BCUT2D eigenvalue weighted by atomic mass is 19.4. The van der Waals surface area contributed by atoms with Crippen molar-refractivity contribution in [3.63, 3.8) is 0 Å². The van der Waals surface area contributed by atoms with Gasteiger partial charge in [-0.25, -0.2) is 4.79 Å². The van der Waals surface area contributed by atoms with E-state index in [1.54, 1.807) is 0 Å². The Kier molecular flexibility index (Phi) is 5.57. The molecule has 28 heavy (non-hydrogen) atoms. The first-order valence-corrected chi connectivity index (χ1v) is 7.35. The van der Waals surface area contributed by atoms with E-state index in [1.165, 1.54) is 0 Å². The lowest BCUT2D eigenvalue weighted by Crippen LogP contribution is -2.16. The summed E-state index contributed by atoms with van der Waals surface area (Å²) in [7, 11) is 1.01. The van der Waals surface area contributed by atoms with Crippen LogP contribution in [0.4, 0.5) is 32.0 Å². The number of alkyl halides is 6. The number of ether oxygens (including phenoxy) is 1. The highest BCUT2D eigenvalue weighted by Crippen LogP contribution is 2.37. The summed E-state index contributed by atoms with van der Waals surface area (Å²) in [6.07, 6.45) is -10.1. The Hall–Kier alpha value is -3.24. The molecule has 2 N–H and O–H groups in total. The number of halogens is 6. The molecule has 0 aliphatic heterocycles. The molecule has 0 fully saturated rings. The molecule has 2 rings (SSSR count). The van der Waals surface area contributed by atoms with Crippen LogP contribution in [-0.2, 0) is 17.1 Å². The molecule has 2 aromatic rings. The van der Waals surface area contributed by atoms with E-state index < -0.39 is 52.4 Å². The van der Waals surface area contributed by atoms with Crippen LogP contribution < -0.4 is 5.32 Å². The van der Waals surface area contributed by atoms with Crippen LogP contribution in [0.5, 0.6) is 5.75 Å². The van der Waals surface area contributed by atoms with Crippen LogP contribution in [0, 0.1) is 0 Å². The van der Waals surface area contributed by atoms with Gasteiger partial charge in [-0.15, -0.1) is 0 Å². The third-order valence-electron chi connectivity index (χ3n) is 3.51. The highest BCUT2D eigenvalue weighted by Gasteiger charge is 2.37. The Morgan fingerprint density at radius 3 is 1.93 bits per heavy atom. The maximum atomic E-state index is 12.9. The summed E-state index contributed by atoms with van der Waals surface area (Å²) < 4.78 is 81.6. The molecule has 0 aliphatic rings. The van der Waals surface area contributed by atoms with Crippen molar-refractivity contribution in [3.8, 4) is 5.75 Å². The molecule has 0 aliphatic carbocycles. The van der Waals surface area contributed by atoms with Crippen LogP contribution in [0.2, 0.25) is 0 Å². The van der Waals surface area contributed by atoms with E-state index in [1.807, 2.05) is 5.32 Å². The van der Waals surface area contributed by atoms with Gasteiger partial charge in [-0.05, 0) is 36.4 Å². The minimum absolute atomic E-state index is 0.0778. The summed E-state index contributed by atoms with van der Waals surface area (Å²) in [6.45, 7) is 0. The van der Waals surface area contributed by atoms with Crippen LogP contribution in [0.1, 0.15) is 31.8 Å². The lowest BCUT2D eigenvalue weighted by molar-refractivity contribution is -0.143. The number of carbonyl (C=O) groups excluding carboxylic acids is 2. The van der Waals surface area contributed by atoms with Crippen molar-refractivity contribution >= 4 is 17.6 Å². The van der Waals surface area contributed by atoms with Crippen molar-refractivity contribution in [2.75, 3.05) is 12.4 Å². The lowest BCUT2D eigenvalue weighted by atomic mass is 10.1. The summed E-state index contributed by atoms with van der Waals surface area (Å²) in [5.41, 5.74) is -4.66. The van der Waals surface area contributed by atoms with Crippen molar-refractivity contribution in [1.82, 2.24) is 0 Å². The average Bonchev–Trinajstić information content (AvgIpc) is 2.59. The maximum absolute atomic E-state index is 12.9. The van der Waals surface area contributed by atoms with E-state index in [2.05, 4.69) is 4.74 Å². The number of rotatable bonds is 3. The fourth-order valence-corrected chi connectivity index (χ4v) is 2.18.